The van der Waals surface area contributed by atoms with Crippen molar-refractivity contribution in [3.05, 3.63) is 35.2 Å². The van der Waals surface area contributed by atoms with E-state index in [9.17, 15) is 4.79 Å². The Bertz CT molecular complexity index is 647. The van der Waals surface area contributed by atoms with Crippen LogP contribution in [0.3, 0.4) is 0 Å². The number of carboxylic acids is 1. The Kier molecular flexibility index (Phi) is 3.16. The summed E-state index contributed by atoms with van der Waals surface area (Å²) in [6.45, 7) is 3.38. The van der Waals surface area contributed by atoms with Gasteiger partial charge in [0.15, 0.2) is 0 Å². The number of anilines is 1. The van der Waals surface area contributed by atoms with E-state index in [1.807, 2.05) is 0 Å². The normalized spacial score (nSPS) is 10.5. The van der Waals surface area contributed by atoms with E-state index in [1.54, 1.807) is 36.7 Å². The highest BCUT2D eigenvalue weighted by Gasteiger charge is 2.18. The van der Waals surface area contributed by atoms with Gasteiger partial charge in [0.2, 0.25) is 0 Å². The number of rotatable bonds is 3. The van der Waals surface area contributed by atoms with Crippen molar-refractivity contribution in [3.63, 3.8) is 0 Å². The van der Waals surface area contributed by atoms with E-state index in [2.05, 4.69) is 5.10 Å². The number of benzene rings is 1. The number of aromatic nitrogens is 2. The largest absolute Gasteiger partial charge is 0.495 e. The smallest absolute Gasteiger partial charge is 0.339 e. The third-order valence-corrected chi connectivity index (χ3v) is 2.96. The summed E-state index contributed by atoms with van der Waals surface area (Å²) in [6, 6.07) is 5.20. The van der Waals surface area contributed by atoms with Gasteiger partial charge in [0.25, 0.3) is 0 Å². The number of methoxy groups -OCH3 is 1. The van der Waals surface area contributed by atoms with Crippen molar-refractivity contribution in [1.29, 1.82) is 0 Å². The van der Waals surface area contributed by atoms with Crippen molar-refractivity contribution in [2.24, 2.45) is 0 Å². The van der Waals surface area contributed by atoms with Crippen LogP contribution in [0.25, 0.3) is 5.69 Å². The van der Waals surface area contributed by atoms with Gasteiger partial charge < -0.3 is 15.6 Å². The van der Waals surface area contributed by atoms with Crippen molar-refractivity contribution in [2.75, 3.05) is 12.8 Å². The van der Waals surface area contributed by atoms with Crippen molar-refractivity contribution >= 4 is 11.7 Å². The van der Waals surface area contributed by atoms with Crippen LogP contribution in [0.1, 0.15) is 21.7 Å². The van der Waals surface area contributed by atoms with Gasteiger partial charge in [-0.25, -0.2) is 9.48 Å². The molecule has 0 bridgehead atoms. The van der Waals surface area contributed by atoms with Gasteiger partial charge in [0.05, 0.1) is 29.9 Å². The molecule has 19 heavy (non-hydrogen) atoms. The molecule has 0 radical (unpaired) electrons. The molecule has 6 nitrogen and oxygen atoms in total. The standard InChI is InChI=1S/C13H15N3O3/c1-7-12(13(17)18)8(2)16(15-7)9-4-5-11(19-3)10(14)6-9/h4-6H,14H2,1-3H3,(H,17,18). The SMILES string of the molecule is COc1ccc(-n2nc(C)c(C(=O)O)c2C)cc1N. The molecule has 0 saturated heterocycles. The number of aromatic carboxylic acids is 1. The number of carbonyl (C=O) groups is 1. The maximum Gasteiger partial charge on any atom is 0.339 e. The van der Waals surface area contributed by atoms with Crippen molar-refractivity contribution < 1.29 is 14.6 Å². The maximum absolute atomic E-state index is 11.2. The molecule has 0 saturated carbocycles. The van der Waals surface area contributed by atoms with E-state index in [-0.39, 0.29) is 5.56 Å². The molecular weight excluding hydrogens is 246 g/mol. The molecule has 6 heteroatoms. The zero-order valence-corrected chi connectivity index (χ0v) is 11.0. The first kappa shape index (κ1) is 12.9. The molecule has 0 amide bonds. The number of aryl methyl sites for hydroxylation is 1. The first-order valence-corrected chi connectivity index (χ1v) is 5.69. The van der Waals surface area contributed by atoms with Gasteiger partial charge in [-0.3, -0.25) is 0 Å². The Morgan fingerprint density at radius 2 is 2.11 bits per heavy atom. The van der Waals surface area contributed by atoms with Gasteiger partial charge in [-0.2, -0.15) is 5.10 Å². The Balaban J connectivity index is 2.57. The molecule has 2 rings (SSSR count). The van der Waals surface area contributed by atoms with Gasteiger partial charge in [0.1, 0.15) is 11.3 Å². The molecule has 0 aliphatic carbocycles. The molecule has 0 aliphatic rings. The molecule has 1 aromatic heterocycles. The second-order valence-electron chi connectivity index (χ2n) is 4.19. The molecule has 1 heterocycles. The fourth-order valence-corrected chi connectivity index (χ4v) is 2.06. The number of carboxylic acid groups (broad SMARTS) is 1. The van der Waals surface area contributed by atoms with E-state index in [0.717, 1.165) is 0 Å². The average molecular weight is 261 g/mol. The Labute approximate surface area is 110 Å². The first-order valence-electron chi connectivity index (χ1n) is 5.69. The van der Waals surface area contributed by atoms with Crippen LogP contribution in [0.2, 0.25) is 0 Å². The maximum atomic E-state index is 11.2. The van der Waals surface area contributed by atoms with E-state index in [0.29, 0.717) is 28.5 Å². The zero-order chi connectivity index (χ0) is 14.2. The Hall–Kier alpha value is -2.50. The summed E-state index contributed by atoms with van der Waals surface area (Å²) in [7, 11) is 1.54. The van der Waals surface area contributed by atoms with Crippen LogP contribution < -0.4 is 10.5 Å². The number of nitrogens with zero attached hydrogens (tertiary/aromatic N) is 2. The highest BCUT2D eigenvalue weighted by molar-refractivity contribution is 5.90. The fraction of sp³-hybridized carbons (Fsp3) is 0.231. The van der Waals surface area contributed by atoms with Gasteiger partial charge in [-0.05, 0) is 32.0 Å². The highest BCUT2D eigenvalue weighted by Crippen LogP contribution is 2.25. The lowest BCUT2D eigenvalue weighted by molar-refractivity contribution is 0.0695. The number of hydrogen-bond acceptors (Lipinski definition) is 4. The van der Waals surface area contributed by atoms with E-state index >= 15 is 0 Å². The first-order chi connectivity index (χ1) is 8.95. The lowest BCUT2D eigenvalue weighted by atomic mass is 10.2. The summed E-state index contributed by atoms with van der Waals surface area (Å²) in [5.41, 5.74) is 8.27. The molecule has 0 atom stereocenters. The van der Waals surface area contributed by atoms with Crippen molar-refractivity contribution in [1.82, 2.24) is 9.78 Å². The molecule has 0 aliphatic heterocycles. The van der Waals surface area contributed by atoms with Gasteiger partial charge >= 0.3 is 5.97 Å². The van der Waals surface area contributed by atoms with Crippen LogP contribution in [0.4, 0.5) is 5.69 Å². The molecule has 0 fully saturated rings. The summed E-state index contributed by atoms with van der Waals surface area (Å²) in [5, 5.41) is 13.4. The number of hydrogen-bond donors (Lipinski definition) is 2. The van der Waals surface area contributed by atoms with Crippen LogP contribution in [0.15, 0.2) is 18.2 Å². The van der Waals surface area contributed by atoms with Gasteiger partial charge in [-0.1, -0.05) is 0 Å². The molecule has 1 aromatic carbocycles. The predicted molar refractivity (Wildman–Crippen MR) is 71.0 cm³/mol. The minimum Gasteiger partial charge on any atom is -0.495 e. The summed E-state index contributed by atoms with van der Waals surface area (Å²) in [4.78, 5) is 11.2. The molecule has 0 spiro atoms. The molecule has 0 unspecified atom stereocenters. The van der Waals surface area contributed by atoms with Crippen LogP contribution >= 0.6 is 0 Å². The topological polar surface area (TPSA) is 90.4 Å². The quantitative estimate of drug-likeness (QED) is 0.822. The van der Waals surface area contributed by atoms with E-state index in [1.165, 1.54) is 7.11 Å². The summed E-state index contributed by atoms with van der Waals surface area (Å²) in [6.07, 6.45) is 0. The number of ether oxygens (including phenoxy) is 1. The summed E-state index contributed by atoms with van der Waals surface area (Å²) >= 11 is 0. The third-order valence-electron chi connectivity index (χ3n) is 2.96. The molecule has 100 valence electrons. The minimum atomic E-state index is -0.984. The monoisotopic (exact) mass is 261 g/mol. The average Bonchev–Trinajstić information content (AvgIpc) is 2.64. The Morgan fingerprint density at radius 3 is 2.58 bits per heavy atom. The summed E-state index contributed by atoms with van der Waals surface area (Å²) < 4.78 is 6.65. The van der Waals surface area contributed by atoms with Crippen molar-refractivity contribution in [3.8, 4) is 11.4 Å². The second-order valence-corrected chi connectivity index (χ2v) is 4.19. The van der Waals surface area contributed by atoms with Gasteiger partial charge in [0, 0.05) is 0 Å². The van der Waals surface area contributed by atoms with Crippen LogP contribution in [-0.4, -0.2) is 28.0 Å². The predicted octanol–water partition coefficient (Wildman–Crippen LogP) is 1.78. The van der Waals surface area contributed by atoms with Crippen LogP contribution in [0, 0.1) is 13.8 Å². The van der Waals surface area contributed by atoms with Crippen LogP contribution in [0.5, 0.6) is 5.75 Å². The van der Waals surface area contributed by atoms with Crippen LogP contribution in [-0.2, 0) is 0 Å². The zero-order valence-electron chi connectivity index (χ0n) is 11.0. The fourth-order valence-electron chi connectivity index (χ4n) is 2.06. The third kappa shape index (κ3) is 2.12. The minimum absolute atomic E-state index is 0.217. The van der Waals surface area contributed by atoms with E-state index < -0.39 is 5.97 Å². The lowest BCUT2D eigenvalue weighted by Crippen LogP contribution is -2.03. The second kappa shape index (κ2) is 4.64. The number of nitrogens with two attached hydrogens (primary N) is 1. The molecular formula is C13H15N3O3. The molecule has 3 N–H and O–H groups in total. The summed E-state index contributed by atoms with van der Waals surface area (Å²) in [5.74, 6) is -0.411. The highest BCUT2D eigenvalue weighted by atomic mass is 16.5. The van der Waals surface area contributed by atoms with Crippen molar-refractivity contribution in [2.45, 2.75) is 13.8 Å². The van der Waals surface area contributed by atoms with Gasteiger partial charge in [-0.15, -0.1) is 0 Å². The molecule has 2 aromatic rings. The Morgan fingerprint density at radius 1 is 1.42 bits per heavy atom. The lowest BCUT2D eigenvalue weighted by Gasteiger charge is -2.08. The number of nitrogen functional groups attached to an aromatic ring is 1. The van der Waals surface area contributed by atoms with E-state index in [4.69, 9.17) is 15.6 Å².